The molecule has 2 aromatic carbocycles. The number of piperidine rings is 1. The van der Waals surface area contributed by atoms with Crippen LogP contribution in [0.2, 0.25) is 0 Å². The van der Waals surface area contributed by atoms with Gasteiger partial charge in [-0.25, -0.2) is 0 Å². The highest BCUT2D eigenvalue weighted by Gasteiger charge is 2.27. The maximum Gasteiger partial charge on any atom is 0.229 e. The van der Waals surface area contributed by atoms with Crippen LogP contribution in [0.15, 0.2) is 54.6 Å². The first-order valence-electron chi connectivity index (χ1n) is 10.5. The molecule has 0 radical (unpaired) electrons. The smallest absolute Gasteiger partial charge is 0.229 e. The molecule has 1 aliphatic heterocycles. The van der Waals surface area contributed by atoms with Crippen LogP contribution in [0.1, 0.15) is 12.8 Å². The lowest BCUT2D eigenvalue weighted by atomic mass is 9.97. The summed E-state index contributed by atoms with van der Waals surface area (Å²) in [4.78, 5) is 15.1. The largest absolute Gasteiger partial charge is 0.497 e. The van der Waals surface area contributed by atoms with Crippen molar-refractivity contribution in [3.63, 3.8) is 0 Å². The van der Waals surface area contributed by atoms with Crippen molar-refractivity contribution < 1.29 is 9.53 Å². The van der Waals surface area contributed by atoms with Crippen molar-refractivity contribution in [2.75, 3.05) is 30.4 Å². The van der Waals surface area contributed by atoms with E-state index in [1.54, 1.807) is 7.11 Å². The monoisotopic (exact) mass is 446 g/mol. The summed E-state index contributed by atoms with van der Waals surface area (Å²) in [5.74, 6) is 1.45. The minimum atomic E-state index is -0.131. The lowest BCUT2D eigenvalue weighted by molar-refractivity contribution is -0.120. The summed E-state index contributed by atoms with van der Waals surface area (Å²) in [6, 6.07) is 17.3. The number of ether oxygens (including phenoxy) is 1. The highest BCUT2D eigenvalue weighted by atomic mass is 32.1. The maximum atomic E-state index is 13.0. The molecule has 0 saturated carbocycles. The van der Waals surface area contributed by atoms with E-state index in [4.69, 9.17) is 4.74 Å². The third-order valence-corrected chi connectivity index (χ3v) is 6.24. The van der Waals surface area contributed by atoms with Gasteiger partial charge in [0.2, 0.25) is 5.91 Å². The van der Waals surface area contributed by atoms with Gasteiger partial charge >= 0.3 is 0 Å². The van der Waals surface area contributed by atoms with Crippen LogP contribution >= 0.6 is 11.7 Å². The number of carbonyl (C=O) groups is 1. The van der Waals surface area contributed by atoms with Crippen molar-refractivity contribution in [1.29, 1.82) is 0 Å². The molecule has 4 aromatic rings. The molecule has 1 fully saturated rings. The molecule has 0 unspecified atom stereocenters. The van der Waals surface area contributed by atoms with E-state index in [1.165, 1.54) is 0 Å². The van der Waals surface area contributed by atoms with Crippen molar-refractivity contribution in [3.8, 4) is 17.0 Å². The maximum absolute atomic E-state index is 13.0. The van der Waals surface area contributed by atoms with Crippen molar-refractivity contribution >= 4 is 40.2 Å². The molecule has 1 aliphatic rings. The van der Waals surface area contributed by atoms with E-state index < -0.39 is 0 Å². The Hall–Kier alpha value is -3.59. The Morgan fingerprint density at radius 3 is 2.75 bits per heavy atom. The van der Waals surface area contributed by atoms with Gasteiger partial charge in [0, 0.05) is 18.7 Å². The Labute approximate surface area is 189 Å². The third-order valence-electron chi connectivity index (χ3n) is 5.70. The molecule has 0 aliphatic carbocycles. The van der Waals surface area contributed by atoms with Crippen molar-refractivity contribution in [2.45, 2.75) is 12.8 Å². The van der Waals surface area contributed by atoms with Gasteiger partial charge in [-0.3, -0.25) is 4.79 Å². The molecule has 3 heterocycles. The zero-order valence-electron chi connectivity index (χ0n) is 17.6. The van der Waals surface area contributed by atoms with Crippen molar-refractivity contribution in [2.24, 2.45) is 5.92 Å². The number of rotatable bonds is 5. The minimum Gasteiger partial charge on any atom is -0.497 e. The lowest BCUT2D eigenvalue weighted by Crippen LogP contribution is -2.41. The molecule has 1 amide bonds. The van der Waals surface area contributed by atoms with Crippen LogP contribution in [0.25, 0.3) is 22.3 Å². The van der Waals surface area contributed by atoms with Crippen LogP contribution in [-0.2, 0) is 4.79 Å². The van der Waals surface area contributed by atoms with E-state index in [1.807, 2.05) is 54.6 Å². The fourth-order valence-corrected chi connectivity index (χ4v) is 4.50. The van der Waals surface area contributed by atoms with Crippen LogP contribution in [0.5, 0.6) is 5.75 Å². The Morgan fingerprint density at radius 2 is 1.97 bits per heavy atom. The molecule has 5 rings (SSSR count). The number of nitrogens with one attached hydrogen (secondary N) is 1. The fraction of sp³-hybridized carbons (Fsp3) is 0.261. The number of carbonyl (C=O) groups excluding carboxylic acids is 1. The quantitative estimate of drug-likeness (QED) is 0.495. The van der Waals surface area contributed by atoms with E-state index in [0.717, 1.165) is 65.0 Å². The zero-order chi connectivity index (χ0) is 21.9. The molecule has 1 N–H and O–H groups in total. The summed E-state index contributed by atoms with van der Waals surface area (Å²) >= 11 is 1.15. The average Bonchev–Trinajstić information content (AvgIpc) is 3.34. The van der Waals surface area contributed by atoms with Gasteiger partial charge in [0.25, 0.3) is 0 Å². The fourth-order valence-electron chi connectivity index (χ4n) is 3.95. The Bertz CT molecular complexity index is 1230. The summed E-state index contributed by atoms with van der Waals surface area (Å²) in [6.07, 6.45) is 1.76. The number of nitrogens with zero attached hydrogens (tertiary/aromatic N) is 5. The normalized spacial score (nSPS) is 16.2. The number of hydrogen-bond acceptors (Lipinski definition) is 8. The third kappa shape index (κ3) is 4.11. The van der Waals surface area contributed by atoms with Crippen LogP contribution in [0.3, 0.4) is 0 Å². The second kappa shape index (κ2) is 8.88. The first-order chi connectivity index (χ1) is 15.7. The van der Waals surface area contributed by atoms with Gasteiger partial charge in [0.1, 0.15) is 16.8 Å². The van der Waals surface area contributed by atoms with E-state index in [9.17, 15) is 4.79 Å². The van der Waals surface area contributed by atoms with Gasteiger partial charge in [-0.05, 0) is 61.4 Å². The minimum absolute atomic E-state index is 0.00184. The molecule has 2 aromatic heterocycles. The second-order valence-corrected chi connectivity index (χ2v) is 8.25. The molecule has 8 nitrogen and oxygen atoms in total. The molecular weight excluding hydrogens is 424 g/mol. The Kier molecular flexibility index (Phi) is 5.64. The van der Waals surface area contributed by atoms with Gasteiger partial charge in [-0.15, -0.1) is 10.2 Å². The molecular formula is C23H22N6O2S. The molecule has 162 valence electrons. The van der Waals surface area contributed by atoms with E-state index in [2.05, 4.69) is 29.2 Å². The molecule has 0 bridgehead atoms. The van der Waals surface area contributed by atoms with Gasteiger partial charge in [0.15, 0.2) is 5.82 Å². The lowest BCUT2D eigenvalue weighted by Gasteiger charge is -2.32. The van der Waals surface area contributed by atoms with Crippen molar-refractivity contribution in [3.05, 3.63) is 54.6 Å². The molecule has 0 spiro atoms. The van der Waals surface area contributed by atoms with Crippen LogP contribution in [0.4, 0.5) is 11.5 Å². The predicted molar refractivity (Wildman–Crippen MR) is 125 cm³/mol. The molecule has 1 atom stereocenters. The topological polar surface area (TPSA) is 93.1 Å². The first kappa shape index (κ1) is 20.3. The summed E-state index contributed by atoms with van der Waals surface area (Å²) in [5.41, 5.74) is 4.02. The molecule has 32 heavy (non-hydrogen) atoms. The average molecular weight is 447 g/mol. The Morgan fingerprint density at radius 1 is 1.09 bits per heavy atom. The van der Waals surface area contributed by atoms with Crippen LogP contribution in [0, 0.1) is 5.92 Å². The SMILES string of the molecule is COc1ccc(-c2ccc(N3CCC[C@H](C(=O)Nc4cccc5nsnc45)C3)nn2)cc1. The number of aromatic nitrogens is 4. The highest BCUT2D eigenvalue weighted by Crippen LogP contribution is 2.27. The van der Waals surface area contributed by atoms with Crippen molar-refractivity contribution in [1.82, 2.24) is 18.9 Å². The number of amides is 1. The summed E-state index contributed by atoms with van der Waals surface area (Å²) in [7, 11) is 1.65. The molecule has 1 saturated heterocycles. The summed E-state index contributed by atoms with van der Waals surface area (Å²) in [5, 5.41) is 11.9. The van der Waals surface area contributed by atoms with E-state index >= 15 is 0 Å². The summed E-state index contributed by atoms with van der Waals surface area (Å²) in [6.45, 7) is 1.46. The van der Waals surface area contributed by atoms with E-state index in [0.29, 0.717) is 12.2 Å². The number of anilines is 2. The number of hydrogen-bond donors (Lipinski definition) is 1. The number of fused-ring (bicyclic) bond motifs is 1. The van der Waals surface area contributed by atoms with Gasteiger partial charge in [-0.2, -0.15) is 8.75 Å². The summed E-state index contributed by atoms with van der Waals surface area (Å²) < 4.78 is 13.7. The van der Waals surface area contributed by atoms with Gasteiger partial charge < -0.3 is 15.0 Å². The second-order valence-electron chi connectivity index (χ2n) is 7.72. The van der Waals surface area contributed by atoms with Crippen LogP contribution < -0.4 is 15.0 Å². The van der Waals surface area contributed by atoms with Gasteiger partial charge in [-0.1, -0.05) is 6.07 Å². The first-order valence-corrected chi connectivity index (χ1v) is 11.2. The zero-order valence-corrected chi connectivity index (χ0v) is 18.4. The van der Waals surface area contributed by atoms with Crippen LogP contribution in [-0.4, -0.2) is 45.1 Å². The standard InChI is InChI=1S/C23H22N6O2S/c1-31-17-9-7-15(8-10-17)18-11-12-21(26-25-18)29-13-3-4-16(14-29)23(30)24-19-5-2-6-20-22(19)28-32-27-20/h2,5-12,16H,3-4,13-14H2,1H3,(H,24,30)/t16-/m0/s1. The van der Waals surface area contributed by atoms with Gasteiger partial charge in [0.05, 0.1) is 36.1 Å². The highest BCUT2D eigenvalue weighted by molar-refractivity contribution is 7.00. The predicted octanol–water partition coefficient (Wildman–Crippen LogP) is 4.01. The Balaban J connectivity index is 1.27. The number of benzene rings is 2. The van der Waals surface area contributed by atoms with E-state index in [-0.39, 0.29) is 11.8 Å². The molecule has 9 heteroatoms. The number of methoxy groups -OCH3 is 1.